The number of carbonyl (C=O) groups excluding carboxylic acids is 3. The number of primary amides is 1. The standard InChI is InChI=1S/C17H19N3O7S/c1-4-26-17(23)12-9(2)27-16(13(12)14(18)21)19-15(22)10-5-7-11(8-6-10)20-28(3,24)25/h5-8,20H,4H2,1-3H3,(H2,18,21)(H,19,22). The molecule has 0 aliphatic rings. The number of carbonyl (C=O) groups is 3. The number of furan rings is 1. The van der Waals surface area contributed by atoms with Crippen molar-refractivity contribution in [2.45, 2.75) is 13.8 Å². The second-order valence-corrected chi connectivity index (χ2v) is 7.48. The van der Waals surface area contributed by atoms with Gasteiger partial charge in [0.1, 0.15) is 16.9 Å². The van der Waals surface area contributed by atoms with Crippen LogP contribution in [0.15, 0.2) is 28.7 Å². The monoisotopic (exact) mass is 409 g/mol. The maximum absolute atomic E-state index is 12.4. The minimum Gasteiger partial charge on any atom is -0.462 e. The van der Waals surface area contributed by atoms with Gasteiger partial charge in [0.15, 0.2) is 0 Å². The fourth-order valence-electron chi connectivity index (χ4n) is 2.40. The van der Waals surface area contributed by atoms with Crippen LogP contribution in [-0.2, 0) is 14.8 Å². The molecule has 11 heteroatoms. The van der Waals surface area contributed by atoms with Crippen molar-refractivity contribution in [3.8, 4) is 0 Å². The Balaban J connectivity index is 2.30. The zero-order valence-electron chi connectivity index (χ0n) is 15.4. The first-order valence-corrected chi connectivity index (χ1v) is 9.92. The minimum absolute atomic E-state index is 0.0650. The zero-order valence-corrected chi connectivity index (χ0v) is 16.2. The number of esters is 1. The second kappa shape index (κ2) is 8.13. The van der Waals surface area contributed by atoms with Crippen molar-refractivity contribution in [1.82, 2.24) is 0 Å². The quantitative estimate of drug-likeness (QED) is 0.584. The molecule has 2 rings (SSSR count). The van der Waals surface area contributed by atoms with E-state index < -0.39 is 27.8 Å². The van der Waals surface area contributed by atoms with E-state index in [-0.39, 0.29) is 40.6 Å². The molecule has 1 aromatic heterocycles. The minimum atomic E-state index is -3.45. The highest BCUT2D eigenvalue weighted by Crippen LogP contribution is 2.28. The van der Waals surface area contributed by atoms with E-state index in [1.807, 2.05) is 0 Å². The molecule has 0 aliphatic heterocycles. The van der Waals surface area contributed by atoms with Crippen LogP contribution >= 0.6 is 0 Å². The molecule has 2 aromatic rings. The number of benzene rings is 1. The van der Waals surface area contributed by atoms with Gasteiger partial charge in [0.2, 0.25) is 15.9 Å². The molecule has 0 saturated heterocycles. The largest absolute Gasteiger partial charge is 0.462 e. The summed E-state index contributed by atoms with van der Waals surface area (Å²) in [6.07, 6.45) is 0.999. The maximum atomic E-state index is 12.4. The summed E-state index contributed by atoms with van der Waals surface area (Å²) in [6.45, 7) is 3.11. The van der Waals surface area contributed by atoms with Gasteiger partial charge in [-0.25, -0.2) is 13.2 Å². The molecule has 0 saturated carbocycles. The van der Waals surface area contributed by atoms with Crippen LogP contribution in [0.1, 0.15) is 43.8 Å². The number of hydrogen-bond acceptors (Lipinski definition) is 7. The highest BCUT2D eigenvalue weighted by molar-refractivity contribution is 7.92. The van der Waals surface area contributed by atoms with Crippen molar-refractivity contribution in [3.63, 3.8) is 0 Å². The molecule has 1 heterocycles. The Kier molecular flexibility index (Phi) is 6.09. The topological polar surface area (TPSA) is 158 Å². The summed E-state index contributed by atoms with van der Waals surface area (Å²) in [5, 5.41) is 2.38. The lowest BCUT2D eigenvalue weighted by Gasteiger charge is -2.07. The lowest BCUT2D eigenvalue weighted by Crippen LogP contribution is -2.20. The van der Waals surface area contributed by atoms with Crippen LogP contribution in [0.2, 0.25) is 0 Å². The van der Waals surface area contributed by atoms with E-state index in [0.717, 1.165) is 6.26 Å². The van der Waals surface area contributed by atoms with E-state index in [4.69, 9.17) is 14.9 Å². The fraction of sp³-hybridized carbons (Fsp3) is 0.235. The normalized spacial score (nSPS) is 11.0. The van der Waals surface area contributed by atoms with E-state index in [1.165, 1.54) is 31.2 Å². The first kappa shape index (κ1) is 21.0. The van der Waals surface area contributed by atoms with Crippen LogP contribution in [0, 0.1) is 6.92 Å². The molecule has 150 valence electrons. The highest BCUT2D eigenvalue weighted by Gasteiger charge is 2.29. The summed E-state index contributed by atoms with van der Waals surface area (Å²) in [6, 6.07) is 5.52. The van der Waals surface area contributed by atoms with Gasteiger partial charge < -0.3 is 14.9 Å². The number of hydrogen-bond donors (Lipinski definition) is 3. The van der Waals surface area contributed by atoms with Crippen molar-refractivity contribution in [2.75, 3.05) is 22.9 Å². The van der Waals surface area contributed by atoms with Crippen LogP contribution in [0.25, 0.3) is 0 Å². The summed E-state index contributed by atoms with van der Waals surface area (Å²) in [5.74, 6) is -2.64. The molecule has 0 atom stereocenters. The third-order valence-electron chi connectivity index (χ3n) is 3.49. The molecule has 10 nitrogen and oxygen atoms in total. The third-order valence-corrected chi connectivity index (χ3v) is 4.09. The Morgan fingerprint density at radius 3 is 2.25 bits per heavy atom. The van der Waals surface area contributed by atoms with Crippen molar-refractivity contribution in [3.05, 3.63) is 46.7 Å². The molecule has 0 fully saturated rings. The molecule has 4 N–H and O–H groups in total. The molecule has 0 bridgehead atoms. The molecule has 0 aliphatic carbocycles. The molecule has 2 amide bonds. The van der Waals surface area contributed by atoms with Crippen molar-refractivity contribution in [2.24, 2.45) is 5.73 Å². The first-order valence-electron chi connectivity index (χ1n) is 8.03. The van der Waals surface area contributed by atoms with Gasteiger partial charge in [0, 0.05) is 11.3 Å². The average Bonchev–Trinajstić information content (AvgIpc) is 2.90. The van der Waals surface area contributed by atoms with Crippen LogP contribution in [0.4, 0.5) is 11.6 Å². The summed E-state index contributed by atoms with van der Waals surface area (Å²) < 4.78 is 34.9. The SMILES string of the molecule is CCOC(=O)c1c(C)oc(NC(=O)c2ccc(NS(C)(=O)=O)cc2)c1C(N)=O. The average molecular weight is 409 g/mol. The van der Waals surface area contributed by atoms with Gasteiger partial charge in [-0.3, -0.25) is 19.6 Å². The smallest absolute Gasteiger partial charge is 0.342 e. The van der Waals surface area contributed by atoms with Crippen LogP contribution in [0.5, 0.6) is 0 Å². The van der Waals surface area contributed by atoms with Gasteiger partial charge in [0.25, 0.3) is 11.8 Å². The Labute approximate surface area is 161 Å². The number of amides is 2. The van der Waals surface area contributed by atoms with Gasteiger partial charge in [-0.1, -0.05) is 0 Å². The second-order valence-electron chi connectivity index (χ2n) is 5.73. The Bertz CT molecular complexity index is 1020. The van der Waals surface area contributed by atoms with E-state index in [2.05, 4.69) is 10.0 Å². The van der Waals surface area contributed by atoms with Gasteiger partial charge in [0.05, 0.1) is 12.9 Å². The highest BCUT2D eigenvalue weighted by atomic mass is 32.2. The number of nitrogens with one attached hydrogen (secondary N) is 2. The van der Waals surface area contributed by atoms with Crippen LogP contribution in [-0.4, -0.2) is 39.1 Å². The maximum Gasteiger partial charge on any atom is 0.342 e. The lowest BCUT2D eigenvalue weighted by molar-refractivity contribution is 0.0521. The Morgan fingerprint density at radius 2 is 1.75 bits per heavy atom. The fourth-order valence-corrected chi connectivity index (χ4v) is 2.96. The molecule has 0 radical (unpaired) electrons. The number of rotatable bonds is 7. The van der Waals surface area contributed by atoms with Crippen LogP contribution in [0.3, 0.4) is 0 Å². The number of anilines is 2. The van der Waals surface area contributed by atoms with Gasteiger partial charge in [-0.05, 0) is 38.1 Å². The van der Waals surface area contributed by atoms with Gasteiger partial charge in [-0.2, -0.15) is 0 Å². The van der Waals surface area contributed by atoms with Crippen molar-refractivity contribution < 1.29 is 32.0 Å². The number of aryl methyl sites for hydroxylation is 1. The first-order chi connectivity index (χ1) is 13.0. The molecular formula is C17H19N3O7S. The molecular weight excluding hydrogens is 390 g/mol. The molecule has 28 heavy (non-hydrogen) atoms. The van der Waals surface area contributed by atoms with E-state index in [9.17, 15) is 22.8 Å². The Morgan fingerprint density at radius 1 is 1.14 bits per heavy atom. The van der Waals surface area contributed by atoms with E-state index in [1.54, 1.807) is 6.92 Å². The van der Waals surface area contributed by atoms with Crippen LogP contribution < -0.4 is 15.8 Å². The summed E-state index contributed by atoms with van der Waals surface area (Å²) >= 11 is 0. The summed E-state index contributed by atoms with van der Waals surface area (Å²) in [4.78, 5) is 36.3. The van der Waals surface area contributed by atoms with E-state index >= 15 is 0 Å². The van der Waals surface area contributed by atoms with E-state index in [0.29, 0.717) is 0 Å². The van der Waals surface area contributed by atoms with Crippen molar-refractivity contribution in [1.29, 1.82) is 0 Å². The molecule has 0 spiro atoms. The number of nitrogens with two attached hydrogens (primary N) is 1. The summed E-state index contributed by atoms with van der Waals surface area (Å²) in [7, 11) is -3.45. The zero-order chi connectivity index (χ0) is 21.1. The van der Waals surface area contributed by atoms with Gasteiger partial charge in [-0.15, -0.1) is 0 Å². The Hall–Kier alpha value is -3.34. The molecule has 1 aromatic carbocycles. The predicted molar refractivity (Wildman–Crippen MR) is 101 cm³/mol. The third kappa shape index (κ3) is 4.88. The van der Waals surface area contributed by atoms with Gasteiger partial charge >= 0.3 is 5.97 Å². The molecule has 0 unspecified atom stereocenters. The number of sulfonamides is 1. The number of ether oxygens (including phenoxy) is 1. The van der Waals surface area contributed by atoms with Crippen molar-refractivity contribution >= 4 is 39.4 Å². The lowest BCUT2D eigenvalue weighted by atomic mass is 10.1. The summed E-state index contributed by atoms with van der Waals surface area (Å²) in [5.41, 5.74) is 5.31. The predicted octanol–water partition coefficient (Wildman–Crippen LogP) is 1.49.